The van der Waals surface area contributed by atoms with Crippen LogP contribution in [0.25, 0.3) is 0 Å². The van der Waals surface area contributed by atoms with Gasteiger partial charge in [-0.1, -0.05) is 6.07 Å². The van der Waals surface area contributed by atoms with Crippen LogP contribution in [0.4, 0.5) is 0 Å². The monoisotopic (exact) mass is 287 g/mol. The molecule has 0 aliphatic carbocycles. The normalized spacial score (nSPS) is 10.0. The average molecular weight is 287 g/mol. The van der Waals surface area contributed by atoms with Gasteiger partial charge in [-0.15, -0.1) is 0 Å². The van der Waals surface area contributed by atoms with E-state index in [-0.39, 0.29) is 0 Å². The number of rotatable bonds is 7. The predicted octanol–water partition coefficient (Wildman–Crippen LogP) is 2.42. The van der Waals surface area contributed by atoms with Gasteiger partial charge in [-0.2, -0.15) is 0 Å². The maximum atomic E-state index is 10.5. The van der Waals surface area contributed by atoms with E-state index in [1.807, 2.05) is 12.1 Å². The number of nitrogens with zero attached hydrogens (tertiary/aromatic N) is 1. The minimum atomic E-state index is 0.360. The van der Waals surface area contributed by atoms with Crippen molar-refractivity contribution < 1.29 is 19.0 Å². The second kappa shape index (κ2) is 7.28. The molecule has 5 heteroatoms. The zero-order chi connectivity index (χ0) is 15.1. The van der Waals surface area contributed by atoms with E-state index in [0.29, 0.717) is 30.4 Å². The maximum Gasteiger partial charge on any atom is 0.212 e. The Morgan fingerprint density at radius 3 is 2.48 bits per heavy atom. The number of ether oxygens (including phenoxy) is 3. The predicted molar refractivity (Wildman–Crippen MR) is 77.9 cm³/mol. The molecule has 0 fully saturated rings. The summed E-state index contributed by atoms with van der Waals surface area (Å²) in [6.07, 6.45) is 2.92. The van der Waals surface area contributed by atoms with Crippen LogP contribution in [-0.2, 0) is 17.8 Å². The van der Waals surface area contributed by atoms with Crippen LogP contribution in [0, 0.1) is 0 Å². The van der Waals surface area contributed by atoms with E-state index in [0.717, 1.165) is 17.4 Å². The van der Waals surface area contributed by atoms with Gasteiger partial charge in [0.05, 0.1) is 14.2 Å². The van der Waals surface area contributed by atoms with Gasteiger partial charge in [0, 0.05) is 24.2 Å². The largest absolute Gasteiger partial charge is 0.493 e. The van der Waals surface area contributed by atoms with Gasteiger partial charge in [0.2, 0.25) is 5.88 Å². The van der Waals surface area contributed by atoms with Crippen molar-refractivity contribution in [2.45, 2.75) is 13.0 Å². The van der Waals surface area contributed by atoms with Crippen LogP contribution in [0.15, 0.2) is 36.5 Å². The van der Waals surface area contributed by atoms with Gasteiger partial charge >= 0.3 is 0 Å². The second-order valence-corrected chi connectivity index (χ2v) is 4.35. The Labute approximate surface area is 123 Å². The third-order valence-corrected chi connectivity index (χ3v) is 2.95. The maximum absolute atomic E-state index is 10.5. The number of hydrogen-bond acceptors (Lipinski definition) is 5. The number of methoxy groups -OCH3 is 2. The van der Waals surface area contributed by atoms with Crippen molar-refractivity contribution in [2.75, 3.05) is 14.2 Å². The summed E-state index contributed by atoms with van der Waals surface area (Å²) >= 11 is 0. The summed E-state index contributed by atoms with van der Waals surface area (Å²) in [5.74, 6) is 1.80. The van der Waals surface area contributed by atoms with E-state index in [4.69, 9.17) is 14.2 Å². The fourth-order valence-electron chi connectivity index (χ4n) is 1.83. The van der Waals surface area contributed by atoms with Crippen molar-refractivity contribution in [3.05, 3.63) is 47.7 Å². The van der Waals surface area contributed by atoms with Crippen molar-refractivity contribution in [3.63, 3.8) is 0 Å². The first kappa shape index (κ1) is 14.8. The molecule has 0 aliphatic rings. The summed E-state index contributed by atoms with van der Waals surface area (Å²) in [6.45, 7) is 0.375. The Balaban J connectivity index is 2.06. The Kier molecular flexibility index (Phi) is 5.15. The SMILES string of the molecule is COc1ccc(COc2ccc(CC=O)cc2OC)cn1. The zero-order valence-corrected chi connectivity index (χ0v) is 12.0. The summed E-state index contributed by atoms with van der Waals surface area (Å²) in [4.78, 5) is 14.7. The average Bonchev–Trinajstić information content (AvgIpc) is 2.54. The summed E-state index contributed by atoms with van der Waals surface area (Å²) < 4.78 is 16.0. The van der Waals surface area contributed by atoms with Crippen LogP contribution in [0.3, 0.4) is 0 Å². The van der Waals surface area contributed by atoms with Crippen LogP contribution in [0.5, 0.6) is 17.4 Å². The highest BCUT2D eigenvalue weighted by atomic mass is 16.5. The molecule has 0 atom stereocenters. The van der Waals surface area contributed by atoms with Gasteiger partial charge < -0.3 is 19.0 Å². The summed E-state index contributed by atoms with van der Waals surface area (Å²) in [5.41, 5.74) is 1.81. The van der Waals surface area contributed by atoms with E-state index in [1.165, 1.54) is 0 Å². The van der Waals surface area contributed by atoms with Gasteiger partial charge in [0.15, 0.2) is 11.5 Å². The summed E-state index contributed by atoms with van der Waals surface area (Å²) in [5, 5.41) is 0. The number of pyridine rings is 1. The molecule has 21 heavy (non-hydrogen) atoms. The van der Waals surface area contributed by atoms with Crippen LogP contribution >= 0.6 is 0 Å². The molecule has 0 saturated heterocycles. The van der Waals surface area contributed by atoms with Crippen molar-refractivity contribution in [3.8, 4) is 17.4 Å². The first-order chi connectivity index (χ1) is 10.3. The Bertz CT molecular complexity index is 596. The molecule has 2 aromatic rings. The lowest BCUT2D eigenvalue weighted by Gasteiger charge is -2.11. The van der Waals surface area contributed by atoms with Crippen molar-refractivity contribution in [1.29, 1.82) is 0 Å². The molecule has 0 spiro atoms. The number of benzene rings is 1. The second-order valence-electron chi connectivity index (χ2n) is 4.35. The molecule has 0 unspecified atom stereocenters. The quantitative estimate of drug-likeness (QED) is 0.732. The lowest BCUT2D eigenvalue weighted by atomic mass is 10.1. The highest BCUT2D eigenvalue weighted by Gasteiger charge is 2.06. The molecule has 1 heterocycles. The van der Waals surface area contributed by atoms with Crippen molar-refractivity contribution >= 4 is 6.29 Å². The van der Waals surface area contributed by atoms with E-state index in [2.05, 4.69) is 4.98 Å². The van der Waals surface area contributed by atoms with E-state index < -0.39 is 0 Å². The Morgan fingerprint density at radius 1 is 1.05 bits per heavy atom. The minimum Gasteiger partial charge on any atom is -0.493 e. The van der Waals surface area contributed by atoms with Crippen LogP contribution < -0.4 is 14.2 Å². The Morgan fingerprint density at radius 2 is 1.86 bits per heavy atom. The molecule has 0 radical (unpaired) electrons. The van der Waals surface area contributed by atoms with Crippen LogP contribution in [0.1, 0.15) is 11.1 Å². The number of aromatic nitrogens is 1. The first-order valence-corrected chi connectivity index (χ1v) is 6.49. The zero-order valence-electron chi connectivity index (χ0n) is 12.0. The van der Waals surface area contributed by atoms with Crippen molar-refractivity contribution in [2.24, 2.45) is 0 Å². The highest BCUT2D eigenvalue weighted by molar-refractivity contribution is 5.56. The molecular weight excluding hydrogens is 270 g/mol. The standard InChI is InChI=1S/C16H17NO4/c1-19-15-9-12(7-8-18)3-5-14(15)21-11-13-4-6-16(20-2)17-10-13/h3-6,8-10H,7,11H2,1-2H3. The molecule has 0 amide bonds. The fourth-order valence-corrected chi connectivity index (χ4v) is 1.83. The third kappa shape index (κ3) is 3.95. The van der Waals surface area contributed by atoms with Gasteiger partial charge in [-0.3, -0.25) is 0 Å². The molecule has 1 aromatic carbocycles. The molecule has 2 rings (SSSR count). The van der Waals surface area contributed by atoms with Gasteiger partial charge in [0.25, 0.3) is 0 Å². The topological polar surface area (TPSA) is 57.7 Å². The lowest BCUT2D eigenvalue weighted by Crippen LogP contribution is -1.99. The molecule has 0 bridgehead atoms. The lowest BCUT2D eigenvalue weighted by molar-refractivity contribution is -0.107. The van der Waals surface area contributed by atoms with Gasteiger partial charge in [-0.25, -0.2) is 4.98 Å². The number of aldehydes is 1. The minimum absolute atomic E-state index is 0.360. The van der Waals surface area contributed by atoms with Gasteiger partial charge in [0.1, 0.15) is 12.9 Å². The third-order valence-electron chi connectivity index (χ3n) is 2.95. The van der Waals surface area contributed by atoms with E-state index in [9.17, 15) is 4.79 Å². The fraction of sp³-hybridized carbons (Fsp3) is 0.250. The summed E-state index contributed by atoms with van der Waals surface area (Å²) in [6, 6.07) is 9.12. The van der Waals surface area contributed by atoms with Crippen LogP contribution in [0.2, 0.25) is 0 Å². The van der Waals surface area contributed by atoms with E-state index in [1.54, 1.807) is 38.6 Å². The highest BCUT2D eigenvalue weighted by Crippen LogP contribution is 2.28. The molecule has 0 aliphatic heterocycles. The number of hydrogen-bond donors (Lipinski definition) is 0. The molecule has 1 aromatic heterocycles. The number of carbonyl (C=O) groups excluding carboxylic acids is 1. The Hall–Kier alpha value is -2.56. The molecule has 0 saturated carbocycles. The summed E-state index contributed by atoms with van der Waals surface area (Å²) in [7, 11) is 3.14. The molecule has 5 nitrogen and oxygen atoms in total. The molecule has 0 N–H and O–H groups in total. The first-order valence-electron chi connectivity index (χ1n) is 6.49. The van der Waals surface area contributed by atoms with Crippen LogP contribution in [-0.4, -0.2) is 25.5 Å². The molecular formula is C16H17NO4. The van der Waals surface area contributed by atoms with Crippen molar-refractivity contribution in [1.82, 2.24) is 4.98 Å². The molecule has 110 valence electrons. The van der Waals surface area contributed by atoms with E-state index >= 15 is 0 Å². The van der Waals surface area contributed by atoms with Gasteiger partial charge in [-0.05, 0) is 23.8 Å². The number of carbonyl (C=O) groups is 1. The smallest absolute Gasteiger partial charge is 0.212 e.